The van der Waals surface area contributed by atoms with Gasteiger partial charge in [-0.05, 0) is 19.1 Å². The van der Waals surface area contributed by atoms with E-state index in [0.717, 1.165) is 57.3 Å². The highest BCUT2D eigenvalue weighted by atomic mass is 16.5. The minimum Gasteiger partial charge on any atom is -0.370 e. The average Bonchev–Trinajstić information content (AvgIpc) is 3.26. The summed E-state index contributed by atoms with van der Waals surface area (Å²) in [7, 11) is 3.80. The lowest BCUT2D eigenvalue weighted by molar-refractivity contribution is -0.00812. The quantitative estimate of drug-likeness (QED) is 0.580. The zero-order chi connectivity index (χ0) is 21.6. The first-order valence-corrected chi connectivity index (χ1v) is 11.2. The monoisotopic (exact) mass is 425 g/mol. The van der Waals surface area contributed by atoms with E-state index in [0.29, 0.717) is 12.6 Å². The number of benzene rings is 1. The molecule has 0 bridgehead atoms. The fourth-order valence-corrected chi connectivity index (χ4v) is 4.41. The van der Waals surface area contributed by atoms with Gasteiger partial charge in [-0.25, -0.2) is 0 Å². The Morgan fingerprint density at radius 3 is 2.65 bits per heavy atom. The van der Waals surface area contributed by atoms with Crippen LogP contribution in [0.1, 0.15) is 18.6 Å². The van der Waals surface area contributed by atoms with Crippen LogP contribution in [-0.2, 0) is 11.8 Å². The molecule has 0 aliphatic carbocycles. The Bertz CT molecular complexity index is 845. The number of rotatable bonds is 5. The molecule has 3 heterocycles. The number of nitrogens with one attached hydrogen (secondary N) is 1. The van der Waals surface area contributed by atoms with Gasteiger partial charge in [0.15, 0.2) is 5.96 Å². The normalized spacial score (nSPS) is 21.9. The van der Waals surface area contributed by atoms with Crippen molar-refractivity contribution in [2.75, 3.05) is 64.4 Å². The van der Waals surface area contributed by atoms with Crippen molar-refractivity contribution >= 4 is 11.6 Å². The van der Waals surface area contributed by atoms with Gasteiger partial charge in [0.2, 0.25) is 0 Å². The molecule has 2 aliphatic heterocycles. The van der Waals surface area contributed by atoms with Gasteiger partial charge in [0.25, 0.3) is 0 Å². The van der Waals surface area contributed by atoms with Gasteiger partial charge in [-0.3, -0.25) is 14.6 Å². The van der Waals surface area contributed by atoms with E-state index in [9.17, 15) is 0 Å². The summed E-state index contributed by atoms with van der Waals surface area (Å²) in [6.45, 7) is 9.81. The smallest absolute Gasteiger partial charge is 0.193 e. The van der Waals surface area contributed by atoms with Crippen molar-refractivity contribution in [1.82, 2.24) is 24.9 Å². The summed E-state index contributed by atoms with van der Waals surface area (Å²) in [5.74, 6) is 0.951. The van der Waals surface area contributed by atoms with Crippen LogP contribution < -0.4 is 10.2 Å². The zero-order valence-corrected chi connectivity index (χ0v) is 18.9. The molecular weight excluding hydrogens is 390 g/mol. The lowest BCUT2D eigenvalue weighted by atomic mass is 10.1. The number of aromatic nitrogens is 2. The van der Waals surface area contributed by atoms with Gasteiger partial charge >= 0.3 is 0 Å². The molecule has 2 unspecified atom stereocenters. The number of ether oxygens (including phenoxy) is 1. The third kappa shape index (κ3) is 5.37. The maximum atomic E-state index is 5.98. The number of morpholine rings is 1. The minimum atomic E-state index is 0.0319. The topological polar surface area (TPSA) is 61.2 Å². The zero-order valence-electron chi connectivity index (χ0n) is 18.9. The molecule has 2 aromatic rings. The van der Waals surface area contributed by atoms with Gasteiger partial charge in [-0.1, -0.05) is 18.2 Å². The van der Waals surface area contributed by atoms with Crippen LogP contribution in [0.3, 0.4) is 0 Å². The van der Waals surface area contributed by atoms with E-state index >= 15 is 0 Å². The van der Waals surface area contributed by atoms with Crippen molar-refractivity contribution in [3.05, 3.63) is 48.3 Å². The van der Waals surface area contributed by atoms with Gasteiger partial charge in [-0.2, -0.15) is 5.10 Å². The van der Waals surface area contributed by atoms with E-state index < -0.39 is 0 Å². The summed E-state index contributed by atoms with van der Waals surface area (Å²) in [5, 5.41) is 7.88. The second kappa shape index (κ2) is 10.2. The molecule has 8 heteroatoms. The van der Waals surface area contributed by atoms with Crippen LogP contribution in [0.5, 0.6) is 0 Å². The van der Waals surface area contributed by atoms with Crippen LogP contribution in [-0.4, -0.2) is 91.0 Å². The highest BCUT2D eigenvalue weighted by molar-refractivity contribution is 5.80. The van der Waals surface area contributed by atoms with Crippen LogP contribution in [0.2, 0.25) is 0 Å². The number of anilines is 1. The summed E-state index contributed by atoms with van der Waals surface area (Å²) in [6, 6.07) is 11.2. The largest absolute Gasteiger partial charge is 0.370 e. The number of nitrogens with zero attached hydrogens (tertiary/aromatic N) is 6. The molecule has 0 radical (unpaired) electrons. The third-order valence-corrected chi connectivity index (χ3v) is 6.29. The molecule has 168 valence electrons. The molecule has 4 rings (SSSR count). The fourth-order valence-electron chi connectivity index (χ4n) is 4.41. The van der Waals surface area contributed by atoms with Crippen molar-refractivity contribution in [3.63, 3.8) is 0 Å². The number of aryl methyl sites for hydroxylation is 1. The van der Waals surface area contributed by atoms with Crippen molar-refractivity contribution in [2.45, 2.75) is 19.1 Å². The lowest BCUT2D eigenvalue weighted by Gasteiger charge is -2.40. The van der Waals surface area contributed by atoms with E-state index in [1.165, 1.54) is 5.69 Å². The first kappa shape index (κ1) is 21.6. The van der Waals surface area contributed by atoms with Crippen LogP contribution >= 0.6 is 0 Å². The Labute approximate surface area is 185 Å². The van der Waals surface area contributed by atoms with Crippen LogP contribution in [0.15, 0.2) is 47.7 Å². The SMILES string of the molecule is CN=C(NCC(C)N1CCN(c2ccccc2)CC1)N1CCOC(c2cnn(C)c2)C1. The van der Waals surface area contributed by atoms with Gasteiger partial charge in [0.05, 0.1) is 19.3 Å². The van der Waals surface area contributed by atoms with E-state index in [1.54, 1.807) is 0 Å². The molecule has 1 N–H and O–H groups in total. The molecule has 2 saturated heterocycles. The number of aliphatic imine (C=N–C) groups is 1. The molecule has 8 nitrogen and oxygen atoms in total. The molecule has 2 aliphatic rings. The molecule has 31 heavy (non-hydrogen) atoms. The molecule has 1 aromatic carbocycles. The van der Waals surface area contributed by atoms with E-state index in [2.05, 4.69) is 67.4 Å². The second-order valence-electron chi connectivity index (χ2n) is 8.39. The highest BCUT2D eigenvalue weighted by Gasteiger charge is 2.26. The van der Waals surface area contributed by atoms with Crippen molar-refractivity contribution in [1.29, 1.82) is 0 Å². The number of para-hydroxylation sites is 1. The molecule has 2 fully saturated rings. The molecule has 1 aromatic heterocycles. The number of piperazine rings is 1. The van der Waals surface area contributed by atoms with Gasteiger partial charge in [0.1, 0.15) is 6.10 Å². The first-order valence-electron chi connectivity index (χ1n) is 11.2. The maximum absolute atomic E-state index is 5.98. The Kier molecular flexibility index (Phi) is 7.09. The van der Waals surface area contributed by atoms with Gasteiger partial charge in [-0.15, -0.1) is 0 Å². The first-order chi connectivity index (χ1) is 15.1. The third-order valence-electron chi connectivity index (χ3n) is 6.29. The Morgan fingerprint density at radius 2 is 1.97 bits per heavy atom. The fraction of sp³-hybridized carbons (Fsp3) is 0.565. The van der Waals surface area contributed by atoms with Gasteiger partial charge in [0, 0.05) is 76.9 Å². The van der Waals surface area contributed by atoms with E-state index in [4.69, 9.17) is 4.74 Å². The molecule has 0 spiro atoms. The van der Waals surface area contributed by atoms with Gasteiger partial charge < -0.3 is 19.9 Å². The minimum absolute atomic E-state index is 0.0319. The second-order valence-corrected chi connectivity index (χ2v) is 8.39. The highest BCUT2D eigenvalue weighted by Crippen LogP contribution is 2.21. The predicted octanol–water partition coefficient (Wildman–Crippen LogP) is 1.58. The summed E-state index contributed by atoms with van der Waals surface area (Å²) in [5.41, 5.74) is 2.44. The molecule has 2 atom stereocenters. The average molecular weight is 426 g/mol. The van der Waals surface area contributed by atoms with Crippen LogP contribution in [0.25, 0.3) is 0 Å². The summed E-state index contributed by atoms with van der Waals surface area (Å²) >= 11 is 0. The van der Waals surface area contributed by atoms with Crippen LogP contribution in [0, 0.1) is 0 Å². The van der Waals surface area contributed by atoms with Crippen molar-refractivity contribution < 1.29 is 4.74 Å². The maximum Gasteiger partial charge on any atom is 0.193 e. The Morgan fingerprint density at radius 1 is 1.19 bits per heavy atom. The van der Waals surface area contributed by atoms with E-state index in [1.807, 2.05) is 31.2 Å². The van der Waals surface area contributed by atoms with E-state index in [-0.39, 0.29) is 6.10 Å². The summed E-state index contributed by atoms with van der Waals surface area (Å²) in [6.07, 6.45) is 3.95. The Balaban J connectivity index is 1.26. The Hall–Kier alpha value is -2.58. The number of guanidine groups is 1. The van der Waals surface area contributed by atoms with Crippen molar-refractivity contribution in [2.24, 2.45) is 12.0 Å². The van der Waals surface area contributed by atoms with Crippen molar-refractivity contribution in [3.8, 4) is 0 Å². The molecule has 0 saturated carbocycles. The van der Waals surface area contributed by atoms with Crippen LogP contribution in [0.4, 0.5) is 5.69 Å². The number of hydrogen-bond acceptors (Lipinski definition) is 5. The molecule has 0 amide bonds. The standard InChI is InChI=1S/C23H35N7O/c1-19(28-9-11-29(12-10-28)21-7-5-4-6-8-21)15-25-23(24-2)30-13-14-31-22(18-30)20-16-26-27(3)17-20/h4-8,16-17,19,22H,9-15,18H2,1-3H3,(H,24,25). The molecular formula is C23H35N7O. The summed E-state index contributed by atoms with van der Waals surface area (Å²) < 4.78 is 7.80. The lowest BCUT2D eigenvalue weighted by Crippen LogP contribution is -2.54. The predicted molar refractivity (Wildman–Crippen MR) is 125 cm³/mol. The summed E-state index contributed by atoms with van der Waals surface area (Å²) in [4.78, 5) is 11.9. The number of hydrogen-bond donors (Lipinski definition) is 1.